The van der Waals surface area contributed by atoms with Gasteiger partial charge in [0.1, 0.15) is 0 Å². The first-order valence-electron chi connectivity index (χ1n) is 11.6. The second-order valence-electron chi connectivity index (χ2n) is 9.34. The molecule has 1 N–H and O–H groups in total. The molecule has 1 atom stereocenters. The number of hydrogen-bond acceptors (Lipinski definition) is 4. The number of esters is 1. The number of nitrogens with one attached hydrogen (secondary N) is 1. The Labute approximate surface area is 207 Å². The first kappa shape index (κ1) is 25.3. The highest BCUT2D eigenvalue weighted by molar-refractivity contribution is 5.88. The monoisotopic (exact) mass is 499 g/mol. The van der Waals surface area contributed by atoms with E-state index in [1.54, 1.807) is 62.2 Å². The summed E-state index contributed by atoms with van der Waals surface area (Å²) in [6.45, 7) is 6.08. The Hall–Kier alpha value is -3.75. The molecule has 0 spiro atoms. The molecule has 0 bridgehead atoms. The van der Waals surface area contributed by atoms with E-state index in [1.165, 1.54) is 13.8 Å². The summed E-state index contributed by atoms with van der Waals surface area (Å²) in [5.74, 6) is -1.55. The van der Waals surface area contributed by atoms with Gasteiger partial charge < -0.3 is 9.64 Å². The molecule has 1 aliphatic rings. The van der Waals surface area contributed by atoms with E-state index in [9.17, 15) is 9.59 Å². The van der Waals surface area contributed by atoms with E-state index in [4.69, 9.17) is 4.74 Å². The van der Waals surface area contributed by atoms with Crippen LogP contribution in [0.25, 0.3) is 5.69 Å². The fourth-order valence-electron chi connectivity index (χ4n) is 5.05. The molecule has 3 aromatic rings. The predicted molar refractivity (Wildman–Crippen MR) is 131 cm³/mol. The van der Waals surface area contributed by atoms with E-state index >= 15 is 13.2 Å². The largest absolute Gasteiger partial charge is 0.465 e. The number of benzene rings is 2. The molecular formula is C27H28F3N3O3. The van der Waals surface area contributed by atoms with Crippen molar-refractivity contribution in [2.45, 2.75) is 44.7 Å². The highest BCUT2D eigenvalue weighted by Crippen LogP contribution is 2.51. The molecule has 0 saturated carbocycles. The zero-order valence-electron chi connectivity index (χ0n) is 20.7. The summed E-state index contributed by atoms with van der Waals surface area (Å²) in [5, 5.41) is 2.73. The topological polar surface area (TPSA) is 67.3 Å². The number of likely N-dealkylation sites (N-methyl/N-ethyl adjacent to an activating group) is 1. The minimum atomic E-state index is -5.18. The van der Waals surface area contributed by atoms with Gasteiger partial charge in [-0.1, -0.05) is 50.2 Å². The molecule has 1 aliphatic heterocycles. The van der Waals surface area contributed by atoms with Gasteiger partial charge in [-0.3, -0.25) is 14.7 Å². The third kappa shape index (κ3) is 3.65. The van der Waals surface area contributed by atoms with Crippen LogP contribution in [0.3, 0.4) is 0 Å². The lowest BCUT2D eigenvalue weighted by atomic mass is 9.74. The van der Waals surface area contributed by atoms with Crippen LogP contribution < -0.4 is 10.5 Å². The van der Waals surface area contributed by atoms with Crippen molar-refractivity contribution in [1.29, 1.82) is 0 Å². The number of ether oxygens (including phenoxy) is 1. The van der Waals surface area contributed by atoms with Crippen molar-refractivity contribution in [1.82, 2.24) is 9.78 Å². The van der Waals surface area contributed by atoms with Crippen molar-refractivity contribution in [2.24, 2.45) is 0 Å². The number of rotatable bonds is 5. The average Bonchev–Trinajstić information content (AvgIpc) is 3.22. The van der Waals surface area contributed by atoms with Crippen molar-refractivity contribution in [3.63, 3.8) is 0 Å². The predicted octanol–water partition coefficient (Wildman–Crippen LogP) is 5.15. The maximum atomic E-state index is 15.2. The molecule has 2 aromatic carbocycles. The van der Waals surface area contributed by atoms with Gasteiger partial charge in [0.2, 0.25) is 5.41 Å². The van der Waals surface area contributed by atoms with Crippen molar-refractivity contribution < 1.29 is 22.7 Å². The third-order valence-electron chi connectivity index (χ3n) is 6.82. The van der Waals surface area contributed by atoms with Crippen molar-refractivity contribution in [3.8, 4) is 5.69 Å². The summed E-state index contributed by atoms with van der Waals surface area (Å²) < 4.78 is 51.8. The van der Waals surface area contributed by atoms with Crippen molar-refractivity contribution >= 4 is 11.7 Å². The Morgan fingerprint density at radius 3 is 2.28 bits per heavy atom. The molecule has 0 unspecified atom stereocenters. The lowest BCUT2D eigenvalue weighted by Gasteiger charge is -2.34. The Morgan fingerprint density at radius 2 is 1.69 bits per heavy atom. The number of aryl methyl sites for hydroxylation is 1. The van der Waals surface area contributed by atoms with Gasteiger partial charge in [-0.05, 0) is 43.7 Å². The number of alkyl halides is 3. The molecule has 0 radical (unpaired) electrons. The van der Waals surface area contributed by atoms with E-state index in [1.807, 2.05) is 18.2 Å². The molecule has 0 saturated heterocycles. The lowest BCUT2D eigenvalue weighted by molar-refractivity contribution is -0.199. The van der Waals surface area contributed by atoms with Crippen molar-refractivity contribution in [3.05, 3.63) is 93.5 Å². The van der Waals surface area contributed by atoms with Gasteiger partial charge >= 0.3 is 12.1 Å². The molecule has 6 nitrogen and oxygen atoms in total. The molecule has 2 heterocycles. The Balaban J connectivity index is 2.08. The third-order valence-corrected chi connectivity index (χ3v) is 6.82. The van der Waals surface area contributed by atoms with Crippen LogP contribution in [0.5, 0.6) is 0 Å². The summed E-state index contributed by atoms with van der Waals surface area (Å²) in [6, 6.07) is 15.5. The number of fused-ring (bicyclic) bond motifs is 1. The van der Waals surface area contributed by atoms with E-state index in [0.29, 0.717) is 5.69 Å². The average molecular weight is 500 g/mol. The molecule has 9 heteroatoms. The number of hydrogen-bond donors (Lipinski definition) is 1. The van der Waals surface area contributed by atoms with Gasteiger partial charge in [-0.2, -0.15) is 13.2 Å². The van der Waals surface area contributed by atoms with E-state index in [2.05, 4.69) is 5.10 Å². The van der Waals surface area contributed by atoms with E-state index in [0.717, 1.165) is 22.0 Å². The zero-order chi connectivity index (χ0) is 26.5. The quantitative estimate of drug-likeness (QED) is 0.493. The summed E-state index contributed by atoms with van der Waals surface area (Å²) in [7, 11) is 1.65. The second-order valence-corrected chi connectivity index (χ2v) is 9.34. The van der Waals surface area contributed by atoms with Crippen LogP contribution in [0.1, 0.15) is 37.6 Å². The van der Waals surface area contributed by atoms with Gasteiger partial charge in [-0.15, -0.1) is 0 Å². The van der Waals surface area contributed by atoms with Gasteiger partial charge in [0.25, 0.3) is 5.56 Å². The number of anilines is 1. The van der Waals surface area contributed by atoms with Gasteiger partial charge in [0, 0.05) is 29.5 Å². The lowest BCUT2D eigenvalue weighted by Crippen LogP contribution is -2.52. The van der Waals surface area contributed by atoms with Crippen LogP contribution in [0.15, 0.2) is 71.2 Å². The Bertz CT molecular complexity index is 1390. The Kier molecular flexibility index (Phi) is 6.14. The first-order chi connectivity index (χ1) is 16.9. The van der Waals surface area contributed by atoms with Gasteiger partial charge in [-0.25, -0.2) is 4.68 Å². The molecular weight excluding hydrogens is 471 g/mol. The number of H-pyrrole nitrogens is 1. The fraction of sp³-hybridized carbons (Fsp3) is 0.333. The van der Waals surface area contributed by atoms with Crippen LogP contribution in [-0.2, 0) is 20.4 Å². The minimum absolute atomic E-state index is 0.0814. The molecule has 190 valence electrons. The summed E-state index contributed by atoms with van der Waals surface area (Å²) in [6.07, 6.45) is -4.31. The van der Waals surface area contributed by atoms with Gasteiger partial charge in [0.05, 0.1) is 17.9 Å². The number of nitrogens with zero attached hydrogens (tertiary/aromatic N) is 2. The fourth-order valence-corrected chi connectivity index (χ4v) is 5.05. The number of aromatic amines is 1. The van der Waals surface area contributed by atoms with Crippen LogP contribution in [0, 0.1) is 6.92 Å². The molecule has 1 aromatic heterocycles. The number of aromatic nitrogens is 2. The minimum Gasteiger partial charge on any atom is -0.465 e. The SMILES string of the molecule is CCOC(=O)[C@](/C=C1/N(C)c2ccccc2C1(C)C)(c1c(C)[nH]n(-c2ccccc2)c1=O)C(F)(F)F. The summed E-state index contributed by atoms with van der Waals surface area (Å²) in [4.78, 5) is 28.6. The van der Waals surface area contributed by atoms with Crippen molar-refractivity contribution in [2.75, 3.05) is 18.6 Å². The van der Waals surface area contributed by atoms with Crippen LogP contribution in [0.4, 0.5) is 18.9 Å². The standard InChI is InChI=1S/C27H28F3N3O3/c1-6-36-24(35)26(27(28,29)30,16-21-25(3,4)19-14-10-11-15-20(19)32(21)5)22-17(2)31-33(23(22)34)18-12-8-7-9-13-18/h7-16,31H,6H2,1-5H3/b21-16+/t26-/m0/s1. The highest BCUT2D eigenvalue weighted by atomic mass is 19.4. The molecule has 0 aliphatic carbocycles. The number of halogens is 3. The number of allylic oxidation sites excluding steroid dienone is 1. The molecule has 4 rings (SSSR count). The maximum absolute atomic E-state index is 15.2. The summed E-state index contributed by atoms with van der Waals surface area (Å²) in [5.41, 5.74) is -3.88. The van der Waals surface area contributed by atoms with Gasteiger partial charge in [0.15, 0.2) is 0 Å². The van der Waals surface area contributed by atoms with E-state index in [-0.39, 0.29) is 18.0 Å². The molecule has 0 fully saturated rings. The van der Waals surface area contributed by atoms with Crippen LogP contribution >= 0.6 is 0 Å². The highest BCUT2D eigenvalue weighted by Gasteiger charge is 2.65. The van der Waals surface area contributed by atoms with Crippen LogP contribution in [0.2, 0.25) is 0 Å². The normalized spacial score (nSPS) is 17.7. The summed E-state index contributed by atoms with van der Waals surface area (Å²) >= 11 is 0. The molecule has 36 heavy (non-hydrogen) atoms. The van der Waals surface area contributed by atoms with Crippen LogP contribution in [-0.4, -0.2) is 35.6 Å². The van der Waals surface area contributed by atoms with E-state index < -0.39 is 34.1 Å². The Morgan fingerprint density at radius 1 is 1.08 bits per heavy atom. The number of para-hydroxylation sites is 2. The number of carbonyl (C=O) groups excluding carboxylic acids is 1. The zero-order valence-corrected chi connectivity index (χ0v) is 20.7. The number of carbonyl (C=O) groups is 1. The molecule has 0 amide bonds. The first-order valence-corrected chi connectivity index (χ1v) is 11.6. The smallest absolute Gasteiger partial charge is 0.412 e. The maximum Gasteiger partial charge on any atom is 0.412 e. The second kappa shape index (κ2) is 8.72.